The number of nitrogens with zero attached hydrogens (tertiary/aromatic N) is 2. The van der Waals surface area contributed by atoms with Gasteiger partial charge >= 0.3 is 6.09 Å². The average molecular weight is 312 g/mol. The van der Waals surface area contributed by atoms with Gasteiger partial charge in [-0.3, -0.25) is 0 Å². The lowest BCUT2D eigenvalue weighted by atomic mass is 10.2. The van der Waals surface area contributed by atoms with Crippen LogP contribution in [0.15, 0.2) is 54.6 Å². The molecule has 1 aliphatic heterocycles. The minimum Gasteiger partial charge on any atom is -0.457 e. The Morgan fingerprint density at radius 1 is 0.870 bits per heavy atom. The summed E-state index contributed by atoms with van der Waals surface area (Å²) < 4.78 is 10.6. The number of benzene rings is 2. The minimum absolute atomic E-state index is 0.253. The third-order valence-corrected chi connectivity index (χ3v) is 3.89. The maximum Gasteiger partial charge on any atom is 0.409 e. The second-order valence-corrected chi connectivity index (χ2v) is 5.35. The van der Waals surface area contributed by atoms with E-state index >= 15 is 0 Å². The third kappa shape index (κ3) is 3.74. The smallest absolute Gasteiger partial charge is 0.409 e. The number of piperazine rings is 1. The van der Waals surface area contributed by atoms with Crippen LogP contribution in [0.25, 0.3) is 0 Å². The number of carbonyl (C=O) groups excluding carboxylic acids is 1. The molecule has 1 amide bonds. The summed E-state index contributed by atoms with van der Waals surface area (Å²) in [5.41, 5.74) is 1.13. The second-order valence-electron chi connectivity index (χ2n) is 5.35. The monoisotopic (exact) mass is 312 g/mol. The van der Waals surface area contributed by atoms with Crippen molar-refractivity contribution in [3.63, 3.8) is 0 Å². The van der Waals surface area contributed by atoms with Gasteiger partial charge in [0.25, 0.3) is 0 Å². The van der Waals surface area contributed by atoms with Crippen LogP contribution < -0.4 is 9.64 Å². The molecule has 1 aliphatic rings. The number of ether oxygens (including phenoxy) is 2. The predicted molar refractivity (Wildman–Crippen MR) is 89.1 cm³/mol. The van der Waals surface area contributed by atoms with E-state index in [0.717, 1.165) is 30.3 Å². The van der Waals surface area contributed by atoms with Gasteiger partial charge in [-0.15, -0.1) is 0 Å². The van der Waals surface area contributed by atoms with Crippen molar-refractivity contribution in [3.05, 3.63) is 54.6 Å². The zero-order valence-electron chi connectivity index (χ0n) is 13.1. The zero-order chi connectivity index (χ0) is 16.1. The van der Waals surface area contributed by atoms with Gasteiger partial charge in [-0.25, -0.2) is 4.79 Å². The fourth-order valence-corrected chi connectivity index (χ4v) is 2.63. The molecular weight excluding hydrogens is 292 g/mol. The summed E-state index contributed by atoms with van der Waals surface area (Å²) in [7, 11) is 1.42. The summed E-state index contributed by atoms with van der Waals surface area (Å²) in [5, 5.41) is 0. The summed E-state index contributed by atoms with van der Waals surface area (Å²) in [5.74, 6) is 1.64. The number of hydrogen-bond acceptors (Lipinski definition) is 4. The standard InChI is InChI=1S/C18H20N2O3/c1-22-18(21)20-13-11-19(12-14-20)15-7-9-17(10-8-15)23-16-5-3-2-4-6-16/h2-10H,11-14H2,1H3. The number of methoxy groups -OCH3 is 1. The number of rotatable bonds is 3. The first-order chi connectivity index (χ1) is 11.3. The number of anilines is 1. The molecule has 1 fully saturated rings. The van der Waals surface area contributed by atoms with Crippen LogP contribution in [0.1, 0.15) is 0 Å². The Bertz CT molecular complexity index is 635. The van der Waals surface area contributed by atoms with Crippen LogP contribution in [0.2, 0.25) is 0 Å². The van der Waals surface area contributed by atoms with Crippen LogP contribution in [0, 0.1) is 0 Å². The van der Waals surface area contributed by atoms with Crippen LogP contribution in [-0.4, -0.2) is 44.3 Å². The Kier molecular flexibility index (Phi) is 4.66. The fourth-order valence-electron chi connectivity index (χ4n) is 2.63. The molecule has 0 atom stereocenters. The van der Waals surface area contributed by atoms with Gasteiger partial charge in [-0.05, 0) is 36.4 Å². The minimum atomic E-state index is -0.253. The number of hydrogen-bond donors (Lipinski definition) is 0. The van der Waals surface area contributed by atoms with Crippen LogP contribution >= 0.6 is 0 Å². The number of amides is 1. The molecule has 0 radical (unpaired) electrons. The molecule has 23 heavy (non-hydrogen) atoms. The van der Waals surface area contributed by atoms with Gasteiger partial charge in [0.15, 0.2) is 0 Å². The average Bonchev–Trinajstić information content (AvgIpc) is 2.63. The molecule has 0 unspecified atom stereocenters. The Hall–Kier alpha value is -2.69. The van der Waals surface area contributed by atoms with Gasteiger partial charge in [0.2, 0.25) is 0 Å². The van der Waals surface area contributed by atoms with Crippen molar-refractivity contribution in [2.45, 2.75) is 0 Å². The molecule has 0 aliphatic carbocycles. The van der Waals surface area contributed by atoms with E-state index in [1.54, 1.807) is 4.90 Å². The topological polar surface area (TPSA) is 42.0 Å². The summed E-state index contributed by atoms with van der Waals surface area (Å²) in [6, 6.07) is 17.8. The highest BCUT2D eigenvalue weighted by Gasteiger charge is 2.21. The first kappa shape index (κ1) is 15.2. The molecular formula is C18H20N2O3. The molecule has 0 N–H and O–H groups in total. The molecule has 2 aromatic carbocycles. The number of carbonyl (C=O) groups is 1. The SMILES string of the molecule is COC(=O)N1CCN(c2ccc(Oc3ccccc3)cc2)CC1. The normalized spacial score (nSPS) is 14.5. The zero-order valence-corrected chi connectivity index (χ0v) is 13.1. The van der Waals surface area contributed by atoms with Crippen molar-refractivity contribution in [2.75, 3.05) is 38.2 Å². The highest BCUT2D eigenvalue weighted by Crippen LogP contribution is 2.25. The second kappa shape index (κ2) is 7.05. The molecule has 5 nitrogen and oxygen atoms in total. The lowest BCUT2D eigenvalue weighted by molar-refractivity contribution is 0.121. The van der Waals surface area contributed by atoms with Crippen molar-refractivity contribution in [3.8, 4) is 11.5 Å². The van der Waals surface area contributed by atoms with Crippen molar-refractivity contribution < 1.29 is 14.3 Å². The van der Waals surface area contributed by atoms with E-state index < -0.39 is 0 Å². The number of para-hydroxylation sites is 1. The molecule has 3 rings (SSSR count). The molecule has 0 saturated carbocycles. The summed E-state index contributed by atoms with van der Waals surface area (Å²) in [6.07, 6.45) is -0.253. The lowest BCUT2D eigenvalue weighted by Gasteiger charge is -2.35. The van der Waals surface area contributed by atoms with Crippen molar-refractivity contribution in [1.82, 2.24) is 4.90 Å². The molecule has 1 saturated heterocycles. The van der Waals surface area contributed by atoms with Gasteiger partial charge in [0.1, 0.15) is 11.5 Å². The molecule has 5 heteroatoms. The van der Waals surface area contributed by atoms with Gasteiger partial charge in [-0.2, -0.15) is 0 Å². The van der Waals surface area contributed by atoms with Gasteiger partial charge in [-0.1, -0.05) is 18.2 Å². The van der Waals surface area contributed by atoms with Crippen molar-refractivity contribution in [2.24, 2.45) is 0 Å². The highest BCUT2D eigenvalue weighted by atomic mass is 16.5. The van der Waals surface area contributed by atoms with E-state index in [4.69, 9.17) is 9.47 Å². The Balaban J connectivity index is 1.59. The Morgan fingerprint density at radius 3 is 2.09 bits per heavy atom. The molecule has 0 spiro atoms. The van der Waals surface area contributed by atoms with E-state index in [1.807, 2.05) is 54.6 Å². The first-order valence-corrected chi connectivity index (χ1v) is 7.67. The van der Waals surface area contributed by atoms with E-state index in [0.29, 0.717) is 13.1 Å². The van der Waals surface area contributed by atoms with Gasteiger partial charge in [0.05, 0.1) is 7.11 Å². The van der Waals surface area contributed by atoms with Crippen LogP contribution in [0.5, 0.6) is 11.5 Å². The highest BCUT2D eigenvalue weighted by molar-refractivity contribution is 5.68. The van der Waals surface area contributed by atoms with E-state index in [-0.39, 0.29) is 6.09 Å². The molecule has 120 valence electrons. The molecule has 1 heterocycles. The maximum absolute atomic E-state index is 11.5. The van der Waals surface area contributed by atoms with Gasteiger partial charge in [0, 0.05) is 31.9 Å². The van der Waals surface area contributed by atoms with Crippen molar-refractivity contribution in [1.29, 1.82) is 0 Å². The van der Waals surface area contributed by atoms with E-state index in [9.17, 15) is 4.79 Å². The third-order valence-electron chi connectivity index (χ3n) is 3.89. The predicted octanol–water partition coefficient (Wildman–Crippen LogP) is 3.37. The molecule has 2 aromatic rings. The summed E-state index contributed by atoms with van der Waals surface area (Å²) >= 11 is 0. The Morgan fingerprint density at radius 2 is 1.48 bits per heavy atom. The molecule has 0 bridgehead atoms. The fraction of sp³-hybridized carbons (Fsp3) is 0.278. The van der Waals surface area contributed by atoms with Crippen LogP contribution in [0.4, 0.5) is 10.5 Å². The lowest BCUT2D eigenvalue weighted by Crippen LogP contribution is -2.48. The van der Waals surface area contributed by atoms with Crippen LogP contribution in [-0.2, 0) is 4.74 Å². The van der Waals surface area contributed by atoms with E-state index in [2.05, 4.69) is 4.90 Å². The van der Waals surface area contributed by atoms with E-state index in [1.165, 1.54) is 7.11 Å². The largest absolute Gasteiger partial charge is 0.457 e. The summed E-state index contributed by atoms with van der Waals surface area (Å²) in [6.45, 7) is 2.95. The van der Waals surface area contributed by atoms with Crippen LogP contribution in [0.3, 0.4) is 0 Å². The summed E-state index contributed by atoms with van der Waals surface area (Å²) in [4.78, 5) is 15.5. The quantitative estimate of drug-likeness (QED) is 0.871. The first-order valence-electron chi connectivity index (χ1n) is 7.67. The van der Waals surface area contributed by atoms with Crippen molar-refractivity contribution >= 4 is 11.8 Å². The Labute approximate surface area is 136 Å². The van der Waals surface area contributed by atoms with Gasteiger partial charge < -0.3 is 19.3 Å². The molecule has 0 aromatic heterocycles. The maximum atomic E-state index is 11.5.